The van der Waals surface area contributed by atoms with E-state index in [1.807, 2.05) is 19.9 Å². The zero-order valence-corrected chi connectivity index (χ0v) is 15.0. The molecular weight excluding hydrogens is 304 g/mol. The molecule has 24 heavy (non-hydrogen) atoms. The number of rotatable bonds is 8. The zero-order valence-electron chi connectivity index (χ0n) is 15.0. The highest BCUT2D eigenvalue weighted by Crippen LogP contribution is 2.31. The third-order valence-electron chi connectivity index (χ3n) is 4.77. The SMILES string of the molecule is CCOc1ccc(OCC2CCC(C(=O)CC)CC2)cc1C(C)=O. The normalized spacial score (nSPS) is 20.5. The van der Waals surface area contributed by atoms with E-state index in [-0.39, 0.29) is 11.7 Å². The van der Waals surface area contributed by atoms with Gasteiger partial charge in [0.15, 0.2) is 5.78 Å². The monoisotopic (exact) mass is 332 g/mol. The first-order chi connectivity index (χ1) is 11.5. The number of hydrogen-bond acceptors (Lipinski definition) is 4. The van der Waals surface area contributed by atoms with Gasteiger partial charge in [-0.25, -0.2) is 0 Å². The Hall–Kier alpha value is -1.84. The lowest BCUT2D eigenvalue weighted by Crippen LogP contribution is -2.24. The van der Waals surface area contributed by atoms with Gasteiger partial charge in [0.05, 0.1) is 18.8 Å². The van der Waals surface area contributed by atoms with Gasteiger partial charge in [-0.1, -0.05) is 6.92 Å². The van der Waals surface area contributed by atoms with Gasteiger partial charge in [0.25, 0.3) is 0 Å². The van der Waals surface area contributed by atoms with E-state index in [4.69, 9.17) is 9.47 Å². The molecule has 0 saturated heterocycles. The van der Waals surface area contributed by atoms with E-state index >= 15 is 0 Å². The molecule has 4 heteroatoms. The van der Waals surface area contributed by atoms with Crippen molar-refractivity contribution in [2.75, 3.05) is 13.2 Å². The molecule has 1 fully saturated rings. The van der Waals surface area contributed by atoms with E-state index in [9.17, 15) is 9.59 Å². The van der Waals surface area contributed by atoms with Gasteiger partial charge in [-0.15, -0.1) is 0 Å². The predicted octanol–water partition coefficient (Wildman–Crippen LogP) is 4.45. The van der Waals surface area contributed by atoms with Gasteiger partial charge in [-0.05, 0) is 63.6 Å². The molecule has 0 aromatic heterocycles. The Bertz CT molecular complexity index is 571. The van der Waals surface area contributed by atoms with Gasteiger partial charge in [0, 0.05) is 12.3 Å². The maximum Gasteiger partial charge on any atom is 0.163 e. The van der Waals surface area contributed by atoms with Gasteiger partial charge >= 0.3 is 0 Å². The van der Waals surface area contributed by atoms with E-state index in [2.05, 4.69) is 0 Å². The Balaban J connectivity index is 1.90. The molecular formula is C20H28O4. The number of ketones is 2. The van der Waals surface area contributed by atoms with Crippen molar-refractivity contribution in [1.29, 1.82) is 0 Å². The second-order valence-electron chi connectivity index (χ2n) is 6.50. The molecule has 0 radical (unpaired) electrons. The van der Waals surface area contributed by atoms with Gasteiger partial charge < -0.3 is 9.47 Å². The summed E-state index contributed by atoms with van der Waals surface area (Å²) in [4.78, 5) is 23.5. The lowest BCUT2D eigenvalue weighted by atomic mass is 9.80. The molecule has 0 bridgehead atoms. The van der Waals surface area contributed by atoms with Crippen LogP contribution in [0.2, 0.25) is 0 Å². The van der Waals surface area contributed by atoms with E-state index < -0.39 is 0 Å². The minimum absolute atomic E-state index is 0.0255. The quantitative estimate of drug-likeness (QED) is 0.660. The van der Waals surface area contributed by atoms with Crippen molar-refractivity contribution in [3.05, 3.63) is 23.8 Å². The number of Topliss-reactive ketones (excluding diaryl/α,β-unsaturated/α-hetero) is 2. The Kier molecular flexibility index (Phi) is 6.83. The summed E-state index contributed by atoms with van der Waals surface area (Å²) in [5.41, 5.74) is 0.562. The van der Waals surface area contributed by atoms with E-state index in [1.54, 1.807) is 12.1 Å². The summed E-state index contributed by atoms with van der Waals surface area (Å²) in [6, 6.07) is 5.41. The van der Waals surface area contributed by atoms with Crippen molar-refractivity contribution in [1.82, 2.24) is 0 Å². The van der Waals surface area contributed by atoms with Crippen molar-refractivity contribution < 1.29 is 19.1 Å². The summed E-state index contributed by atoms with van der Waals surface area (Å²) in [5, 5.41) is 0. The standard InChI is InChI=1S/C20H28O4/c1-4-19(22)16-8-6-15(7-9-16)13-24-17-10-11-20(23-5-2)18(12-17)14(3)21/h10-12,15-16H,4-9,13H2,1-3H3. The number of carbonyl (C=O) groups excluding carboxylic acids is 2. The zero-order chi connectivity index (χ0) is 17.5. The first-order valence-corrected chi connectivity index (χ1v) is 8.98. The van der Waals surface area contributed by atoms with Crippen LogP contribution in [0.1, 0.15) is 63.2 Å². The Morgan fingerprint density at radius 3 is 2.38 bits per heavy atom. The average Bonchev–Trinajstić information content (AvgIpc) is 2.60. The lowest BCUT2D eigenvalue weighted by molar-refractivity contribution is -0.123. The van der Waals surface area contributed by atoms with Crippen molar-refractivity contribution in [3.63, 3.8) is 0 Å². The molecule has 0 unspecified atom stereocenters. The minimum atomic E-state index is -0.0255. The topological polar surface area (TPSA) is 52.6 Å². The molecule has 0 aliphatic heterocycles. The summed E-state index contributed by atoms with van der Waals surface area (Å²) in [6.45, 7) is 6.54. The van der Waals surface area contributed by atoms with Crippen LogP contribution >= 0.6 is 0 Å². The number of ether oxygens (including phenoxy) is 2. The van der Waals surface area contributed by atoms with Crippen LogP contribution in [-0.4, -0.2) is 24.8 Å². The first-order valence-electron chi connectivity index (χ1n) is 8.98. The minimum Gasteiger partial charge on any atom is -0.493 e. The number of carbonyl (C=O) groups is 2. The second kappa shape index (κ2) is 8.86. The fourth-order valence-electron chi connectivity index (χ4n) is 3.31. The average molecular weight is 332 g/mol. The highest BCUT2D eigenvalue weighted by Gasteiger charge is 2.25. The van der Waals surface area contributed by atoms with Crippen molar-refractivity contribution in [3.8, 4) is 11.5 Å². The Morgan fingerprint density at radius 1 is 1.08 bits per heavy atom. The fraction of sp³-hybridized carbons (Fsp3) is 0.600. The molecule has 0 spiro atoms. The lowest BCUT2D eigenvalue weighted by Gasteiger charge is -2.27. The van der Waals surface area contributed by atoms with Crippen LogP contribution in [0.15, 0.2) is 18.2 Å². The predicted molar refractivity (Wildman–Crippen MR) is 93.9 cm³/mol. The van der Waals surface area contributed by atoms with Crippen molar-refractivity contribution in [2.45, 2.75) is 52.9 Å². The highest BCUT2D eigenvalue weighted by molar-refractivity contribution is 5.97. The molecule has 0 amide bonds. The van der Waals surface area contributed by atoms with Gasteiger partial charge in [-0.3, -0.25) is 9.59 Å². The molecule has 1 aromatic rings. The Labute approximate surface area is 144 Å². The highest BCUT2D eigenvalue weighted by atomic mass is 16.5. The molecule has 1 aromatic carbocycles. The van der Waals surface area contributed by atoms with Crippen LogP contribution < -0.4 is 9.47 Å². The maximum absolute atomic E-state index is 11.8. The van der Waals surface area contributed by atoms with Crippen LogP contribution in [0.5, 0.6) is 11.5 Å². The van der Waals surface area contributed by atoms with E-state index in [0.29, 0.717) is 48.4 Å². The molecule has 4 nitrogen and oxygen atoms in total. The van der Waals surface area contributed by atoms with Crippen LogP contribution in [0.25, 0.3) is 0 Å². The Morgan fingerprint density at radius 2 is 1.79 bits per heavy atom. The number of benzene rings is 1. The molecule has 1 aliphatic carbocycles. The smallest absolute Gasteiger partial charge is 0.163 e. The molecule has 132 valence electrons. The molecule has 1 aliphatic rings. The van der Waals surface area contributed by atoms with Gasteiger partial charge in [0.1, 0.15) is 17.3 Å². The molecule has 1 saturated carbocycles. The van der Waals surface area contributed by atoms with E-state index in [0.717, 1.165) is 25.7 Å². The van der Waals surface area contributed by atoms with Gasteiger partial charge in [-0.2, -0.15) is 0 Å². The summed E-state index contributed by atoms with van der Waals surface area (Å²) >= 11 is 0. The molecule has 2 rings (SSSR count). The second-order valence-corrected chi connectivity index (χ2v) is 6.50. The molecule has 0 heterocycles. The first kappa shape index (κ1) is 18.5. The third-order valence-corrected chi connectivity index (χ3v) is 4.77. The largest absolute Gasteiger partial charge is 0.493 e. The third kappa shape index (κ3) is 4.83. The molecule has 0 N–H and O–H groups in total. The fourth-order valence-corrected chi connectivity index (χ4v) is 3.31. The van der Waals surface area contributed by atoms with Gasteiger partial charge in [0.2, 0.25) is 0 Å². The summed E-state index contributed by atoms with van der Waals surface area (Å²) < 4.78 is 11.4. The summed E-state index contributed by atoms with van der Waals surface area (Å²) in [6.07, 6.45) is 4.66. The van der Waals surface area contributed by atoms with Crippen molar-refractivity contribution in [2.24, 2.45) is 11.8 Å². The summed E-state index contributed by atoms with van der Waals surface area (Å²) in [7, 11) is 0. The maximum atomic E-state index is 11.8. The van der Waals surface area contributed by atoms with Crippen LogP contribution in [0.3, 0.4) is 0 Å². The van der Waals surface area contributed by atoms with Crippen molar-refractivity contribution >= 4 is 11.6 Å². The van der Waals surface area contributed by atoms with E-state index in [1.165, 1.54) is 6.92 Å². The van der Waals surface area contributed by atoms with Crippen LogP contribution in [0.4, 0.5) is 0 Å². The molecule has 0 atom stereocenters. The summed E-state index contributed by atoms with van der Waals surface area (Å²) in [5.74, 6) is 2.42. The van der Waals surface area contributed by atoms with Crippen LogP contribution in [-0.2, 0) is 4.79 Å². The van der Waals surface area contributed by atoms with Crippen LogP contribution in [0, 0.1) is 11.8 Å². The number of hydrogen-bond donors (Lipinski definition) is 0.